The number of methoxy groups -OCH3 is 1. The van der Waals surface area contributed by atoms with E-state index in [1.54, 1.807) is 0 Å². The summed E-state index contributed by atoms with van der Waals surface area (Å²) in [6, 6.07) is 0. The fourth-order valence-corrected chi connectivity index (χ4v) is 1.50. The zero-order chi connectivity index (χ0) is 6.74. The summed E-state index contributed by atoms with van der Waals surface area (Å²) >= 11 is 0. The summed E-state index contributed by atoms with van der Waals surface area (Å²) in [4.78, 5) is 0. The largest absolute Gasteiger partial charge is 1.00 e. The Kier molecular flexibility index (Phi) is 8.48. The van der Waals surface area contributed by atoms with Crippen LogP contribution in [0.15, 0.2) is 0 Å². The first-order valence-electron chi connectivity index (χ1n) is 3.82. The van der Waals surface area contributed by atoms with Gasteiger partial charge in [0.05, 0.1) is 5.60 Å². The number of thiol groups is 1. The van der Waals surface area contributed by atoms with E-state index < -0.39 is 0 Å². The third kappa shape index (κ3) is 4.49. The molecule has 0 saturated heterocycles. The van der Waals surface area contributed by atoms with Crippen LogP contribution in [0.25, 0.3) is 0 Å². The Hall–Kier alpha value is 0.933. The van der Waals surface area contributed by atoms with E-state index in [-0.39, 0.29) is 38.6 Å². The molecule has 1 aliphatic carbocycles. The van der Waals surface area contributed by atoms with E-state index in [2.05, 4.69) is 6.92 Å². The Morgan fingerprint density at radius 3 is 1.82 bits per heavy atom. The zero-order valence-electron chi connectivity index (χ0n) is 7.24. The van der Waals surface area contributed by atoms with Crippen molar-refractivity contribution in [3.63, 3.8) is 0 Å². The maximum Gasteiger partial charge on any atom is 1.00 e. The van der Waals surface area contributed by atoms with Gasteiger partial charge in [0.15, 0.2) is 0 Å². The van der Waals surface area contributed by atoms with E-state index in [1.165, 1.54) is 32.1 Å². The van der Waals surface area contributed by atoms with Gasteiger partial charge in [0, 0.05) is 7.11 Å². The Bertz CT molecular complexity index is 92.1. The fourth-order valence-electron chi connectivity index (χ4n) is 1.50. The minimum Gasteiger partial charge on any atom is -0.813 e. The van der Waals surface area contributed by atoms with Gasteiger partial charge in [-0.3, -0.25) is 0 Å². The topological polar surface area (TPSA) is 9.23 Å². The number of hydrogen-bond donors (Lipinski definition) is 0. The van der Waals surface area contributed by atoms with Crippen LogP contribution >= 0.6 is 0 Å². The van der Waals surface area contributed by atoms with E-state index in [0.29, 0.717) is 0 Å². The van der Waals surface area contributed by atoms with Gasteiger partial charge in [-0.15, -0.1) is 0 Å². The molecule has 1 saturated carbocycles. The molecule has 1 aliphatic rings. The Balaban J connectivity index is 0. The van der Waals surface area contributed by atoms with Crippen molar-refractivity contribution in [3.8, 4) is 0 Å². The van der Waals surface area contributed by atoms with Gasteiger partial charge in [-0.1, -0.05) is 19.3 Å². The quantitative estimate of drug-likeness (QED) is 0.406. The molecule has 0 aromatic heterocycles. The van der Waals surface area contributed by atoms with E-state index >= 15 is 0 Å². The molecule has 0 spiro atoms. The molecule has 3 heteroatoms. The monoisotopic (exact) mass is 263 g/mol. The molecule has 1 radical (unpaired) electrons. The molecular weight excluding hydrogens is 245 g/mol. The van der Waals surface area contributed by atoms with Crippen LogP contribution in [0.5, 0.6) is 0 Å². The summed E-state index contributed by atoms with van der Waals surface area (Å²) < 4.78 is 5.38. The number of ether oxygens (including phenoxy) is 1. The van der Waals surface area contributed by atoms with Crippen molar-refractivity contribution in [2.24, 2.45) is 0 Å². The van der Waals surface area contributed by atoms with Crippen molar-refractivity contribution >= 4 is 13.5 Å². The molecular formula is C8H17ORuS. The summed E-state index contributed by atoms with van der Waals surface area (Å²) in [5.41, 5.74) is 0.220. The molecule has 1 fully saturated rings. The van der Waals surface area contributed by atoms with Crippen LogP contribution in [-0.4, -0.2) is 12.7 Å². The second-order valence-electron chi connectivity index (χ2n) is 3.21. The maximum absolute atomic E-state index is 5.38. The first-order chi connectivity index (χ1) is 4.27. The van der Waals surface area contributed by atoms with Gasteiger partial charge in [0.1, 0.15) is 0 Å². The Morgan fingerprint density at radius 1 is 1.09 bits per heavy atom. The van der Waals surface area contributed by atoms with Gasteiger partial charge < -0.3 is 18.2 Å². The van der Waals surface area contributed by atoms with Gasteiger partial charge in [0.2, 0.25) is 0 Å². The van der Waals surface area contributed by atoms with Crippen LogP contribution < -0.4 is 0 Å². The first-order valence-corrected chi connectivity index (χ1v) is 3.82. The van der Waals surface area contributed by atoms with Gasteiger partial charge in [-0.25, -0.2) is 0 Å². The molecule has 11 heavy (non-hydrogen) atoms. The van der Waals surface area contributed by atoms with Crippen LogP contribution in [0.2, 0.25) is 0 Å². The van der Waals surface area contributed by atoms with Crippen LogP contribution in [0.1, 0.15) is 39.0 Å². The fraction of sp³-hybridized carbons (Fsp3) is 1.00. The van der Waals surface area contributed by atoms with Crippen LogP contribution in [-0.2, 0) is 37.7 Å². The molecule has 0 aromatic carbocycles. The minimum absolute atomic E-state index is 0. The molecule has 0 atom stereocenters. The predicted octanol–water partition coefficient (Wildman–Crippen LogP) is 2.08. The van der Waals surface area contributed by atoms with Crippen LogP contribution in [0, 0.1) is 0 Å². The molecule has 0 aromatic rings. The van der Waals surface area contributed by atoms with Crippen molar-refractivity contribution in [1.82, 2.24) is 0 Å². The Labute approximate surface area is 89.5 Å². The molecule has 1 nitrogen and oxygen atoms in total. The predicted molar refractivity (Wildman–Crippen MR) is 47.3 cm³/mol. The van der Waals surface area contributed by atoms with Crippen LogP contribution in [0.3, 0.4) is 0 Å². The molecule has 0 aliphatic heterocycles. The van der Waals surface area contributed by atoms with E-state index in [1.807, 2.05) is 7.11 Å². The second-order valence-corrected chi connectivity index (χ2v) is 3.21. The van der Waals surface area contributed by atoms with E-state index in [4.69, 9.17) is 4.74 Å². The minimum atomic E-state index is 0. The number of hydrogen-bond acceptors (Lipinski definition) is 2. The van der Waals surface area contributed by atoms with E-state index in [9.17, 15) is 0 Å². The van der Waals surface area contributed by atoms with Gasteiger partial charge >= 0.3 is 19.5 Å². The smallest absolute Gasteiger partial charge is 0.813 e. The summed E-state index contributed by atoms with van der Waals surface area (Å²) in [5.74, 6) is 0. The molecule has 0 unspecified atom stereocenters. The summed E-state index contributed by atoms with van der Waals surface area (Å²) in [6.07, 6.45) is 6.61. The van der Waals surface area contributed by atoms with Crippen molar-refractivity contribution in [2.45, 2.75) is 44.6 Å². The third-order valence-electron chi connectivity index (χ3n) is 2.40. The van der Waals surface area contributed by atoms with Crippen molar-refractivity contribution in [3.05, 3.63) is 0 Å². The zero-order valence-corrected chi connectivity index (χ0v) is 9.88. The molecule has 0 heterocycles. The molecule has 1 rings (SSSR count). The molecule has 69 valence electrons. The average molecular weight is 262 g/mol. The summed E-state index contributed by atoms with van der Waals surface area (Å²) in [5, 5.41) is 0. The Morgan fingerprint density at radius 2 is 1.55 bits per heavy atom. The number of rotatable bonds is 1. The molecule has 0 amide bonds. The summed E-state index contributed by atoms with van der Waals surface area (Å²) in [7, 11) is 1.82. The van der Waals surface area contributed by atoms with Gasteiger partial charge in [0.25, 0.3) is 0 Å². The van der Waals surface area contributed by atoms with Gasteiger partial charge in [-0.2, -0.15) is 0 Å². The molecule has 0 N–H and O–H groups in total. The standard InChI is InChI=1S/C8H16O.Ru.H2S/c1-8(9-2)6-4-3-5-7-8;;/h3-7H2,1-2H3;;1H2/q;+1;/p-1. The van der Waals surface area contributed by atoms with E-state index in [0.717, 1.165) is 0 Å². The van der Waals surface area contributed by atoms with Gasteiger partial charge in [-0.05, 0) is 19.8 Å². The van der Waals surface area contributed by atoms with Crippen molar-refractivity contribution < 1.29 is 24.2 Å². The normalized spacial score (nSPS) is 21.3. The van der Waals surface area contributed by atoms with Crippen molar-refractivity contribution in [1.29, 1.82) is 0 Å². The average Bonchev–Trinajstić information content (AvgIpc) is 1.90. The van der Waals surface area contributed by atoms with Crippen LogP contribution in [0.4, 0.5) is 0 Å². The summed E-state index contributed by atoms with van der Waals surface area (Å²) in [6.45, 7) is 2.21. The third-order valence-corrected chi connectivity index (χ3v) is 2.40. The maximum atomic E-state index is 5.38. The SMILES string of the molecule is COC1(C)CCCCC1.[Ru+].[SH-]. The molecule has 0 bridgehead atoms. The first kappa shape index (κ1) is 14.5. The van der Waals surface area contributed by atoms with Crippen molar-refractivity contribution in [2.75, 3.05) is 7.11 Å². The second kappa shape index (κ2) is 6.45.